The molecule has 0 atom stereocenters. The minimum absolute atomic E-state index is 0.604. The first-order valence-corrected chi connectivity index (χ1v) is 5.91. The summed E-state index contributed by atoms with van der Waals surface area (Å²) in [4.78, 5) is 0. The second-order valence-corrected chi connectivity index (χ2v) is 4.55. The third kappa shape index (κ3) is 2.74. The molecule has 0 radical (unpaired) electrons. The predicted octanol–water partition coefficient (Wildman–Crippen LogP) is 4.25. The van der Waals surface area contributed by atoms with Crippen LogP contribution in [-0.2, 0) is 0 Å². The molecule has 1 heteroatoms. The van der Waals surface area contributed by atoms with E-state index in [1.54, 1.807) is 0 Å². The first-order valence-electron chi connectivity index (χ1n) is 5.91. The summed E-state index contributed by atoms with van der Waals surface area (Å²) < 4.78 is 0. The van der Waals surface area contributed by atoms with E-state index in [0.29, 0.717) is 5.92 Å². The molecule has 0 unspecified atom stereocenters. The van der Waals surface area contributed by atoms with Gasteiger partial charge >= 0.3 is 0 Å². The number of rotatable bonds is 4. The fraction of sp³-hybridized carbons (Fsp3) is 0.571. The summed E-state index contributed by atoms with van der Waals surface area (Å²) in [6, 6.07) is 4.48. The molecule has 0 aliphatic carbocycles. The van der Waals surface area contributed by atoms with Crippen LogP contribution in [0.4, 0.5) is 5.69 Å². The molecule has 1 nitrogen and oxygen atoms in total. The zero-order valence-corrected chi connectivity index (χ0v) is 10.6. The summed E-state index contributed by atoms with van der Waals surface area (Å²) in [6.45, 7) is 12.2. The summed E-state index contributed by atoms with van der Waals surface area (Å²) in [5, 5.41) is 3.53. The van der Waals surface area contributed by atoms with Crippen LogP contribution in [-0.4, -0.2) is 6.54 Å². The summed E-state index contributed by atoms with van der Waals surface area (Å²) >= 11 is 0. The minimum Gasteiger partial charge on any atom is -0.385 e. The number of hydrogen-bond donors (Lipinski definition) is 1. The Kier molecular flexibility index (Phi) is 4.19. The van der Waals surface area contributed by atoms with Gasteiger partial charge in [0.25, 0.3) is 0 Å². The molecule has 1 rings (SSSR count). The largest absolute Gasteiger partial charge is 0.385 e. The van der Waals surface area contributed by atoms with Crippen molar-refractivity contribution in [3.05, 3.63) is 28.8 Å². The molecule has 0 amide bonds. The van der Waals surface area contributed by atoms with Gasteiger partial charge in [-0.2, -0.15) is 0 Å². The van der Waals surface area contributed by atoms with Crippen LogP contribution in [0.25, 0.3) is 0 Å². The number of anilines is 1. The van der Waals surface area contributed by atoms with Gasteiger partial charge in [0.1, 0.15) is 0 Å². The third-order valence-electron chi connectivity index (χ3n) is 2.89. The standard InChI is InChI=1S/C14H23N/c1-6-9-15-14-11(4)7-8-13(10(2)3)12(14)5/h7-8,10,15H,6,9H2,1-5H3. The average Bonchev–Trinajstić information content (AvgIpc) is 2.17. The number of benzene rings is 1. The van der Waals surface area contributed by atoms with E-state index in [-0.39, 0.29) is 0 Å². The molecule has 0 aliphatic rings. The molecule has 1 aromatic carbocycles. The van der Waals surface area contributed by atoms with Crippen LogP contribution >= 0.6 is 0 Å². The highest BCUT2D eigenvalue weighted by Gasteiger charge is 2.09. The second-order valence-electron chi connectivity index (χ2n) is 4.55. The van der Waals surface area contributed by atoms with Gasteiger partial charge in [-0.3, -0.25) is 0 Å². The molecule has 1 N–H and O–H groups in total. The molecule has 84 valence electrons. The molecule has 0 saturated heterocycles. The lowest BCUT2D eigenvalue weighted by Gasteiger charge is -2.17. The molecule has 0 heterocycles. The minimum atomic E-state index is 0.604. The fourth-order valence-electron chi connectivity index (χ4n) is 2.01. The lowest BCUT2D eigenvalue weighted by molar-refractivity contribution is 0.854. The van der Waals surface area contributed by atoms with Crippen LogP contribution in [0.5, 0.6) is 0 Å². The Morgan fingerprint density at radius 1 is 1.20 bits per heavy atom. The maximum atomic E-state index is 3.53. The molecular formula is C14H23N. The van der Waals surface area contributed by atoms with Crippen LogP contribution in [0.3, 0.4) is 0 Å². The average molecular weight is 205 g/mol. The second kappa shape index (κ2) is 5.20. The Morgan fingerprint density at radius 2 is 1.87 bits per heavy atom. The summed E-state index contributed by atoms with van der Waals surface area (Å²) in [7, 11) is 0. The van der Waals surface area contributed by atoms with Gasteiger partial charge in [-0.05, 0) is 42.9 Å². The lowest BCUT2D eigenvalue weighted by atomic mass is 9.94. The van der Waals surface area contributed by atoms with Gasteiger partial charge in [-0.15, -0.1) is 0 Å². The van der Waals surface area contributed by atoms with Crippen molar-refractivity contribution >= 4 is 5.69 Å². The highest BCUT2D eigenvalue weighted by molar-refractivity contribution is 5.60. The number of nitrogens with one attached hydrogen (secondary N) is 1. The molecule has 0 fully saturated rings. The molecule has 0 saturated carbocycles. The Bertz CT molecular complexity index is 326. The van der Waals surface area contributed by atoms with E-state index in [1.165, 1.54) is 28.8 Å². The molecule has 1 aromatic rings. The van der Waals surface area contributed by atoms with E-state index >= 15 is 0 Å². The Balaban J connectivity index is 3.06. The van der Waals surface area contributed by atoms with E-state index in [2.05, 4.69) is 52.1 Å². The van der Waals surface area contributed by atoms with Gasteiger partial charge in [-0.1, -0.05) is 32.9 Å². The first-order chi connectivity index (χ1) is 7.07. The van der Waals surface area contributed by atoms with E-state index in [1.807, 2.05) is 0 Å². The normalized spacial score (nSPS) is 10.8. The van der Waals surface area contributed by atoms with Gasteiger partial charge in [0.15, 0.2) is 0 Å². The van der Waals surface area contributed by atoms with Gasteiger partial charge < -0.3 is 5.32 Å². The fourth-order valence-corrected chi connectivity index (χ4v) is 2.01. The van der Waals surface area contributed by atoms with Crippen molar-refractivity contribution in [3.63, 3.8) is 0 Å². The molecule has 0 aliphatic heterocycles. The zero-order valence-electron chi connectivity index (χ0n) is 10.6. The van der Waals surface area contributed by atoms with Gasteiger partial charge in [0.2, 0.25) is 0 Å². The van der Waals surface area contributed by atoms with Crippen molar-refractivity contribution in [2.45, 2.75) is 47.0 Å². The third-order valence-corrected chi connectivity index (χ3v) is 2.89. The van der Waals surface area contributed by atoms with Crippen LogP contribution in [0.1, 0.15) is 49.8 Å². The molecule has 0 spiro atoms. The van der Waals surface area contributed by atoms with Crippen molar-refractivity contribution in [3.8, 4) is 0 Å². The molecular weight excluding hydrogens is 182 g/mol. The number of aryl methyl sites for hydroxylation is 1. The van der Waals surface area contributed by atoms with Crippen LogP contribution < -0.4 is 5.32 Å². The van der Waals surface area contributed by atoms with E-state index in [4.69, 9.17) is 0 Å². The van der Waals surface area contributed by atoms with Gasteiger partial charge in [-0.25, -0.2) is 0 Å². The maximum Gasteiger partial charge on any atom is 0.0402 e. The predicted molar refractivity (Wildman–Crippen MR) is 68.8 cm³/mol. The van der Waals surface area contributed by atoms with Gasteiger partial charge in [0.05, 0.1) is 0 Å². The van der Waals surface area contributed by atoms with Crippen molar-refractivity contribution in [1.29, 1.82) is 0 Å². The summed E-state index contributed by atoms with van der Waals surface area (Å²) in [5.41, 5.74) is 5.56. The molecule has 0 aromatic heterocycles. The number of hydrogen-bond acceptors (Lipinski definition) is 1. The van der Waals surface area contributed by atoms with Crippen LogP contribution in [0.15, 0.2) is 12.1 Å². The highest BCUT2D eigenvalue weighted by Crippen LogP contribution is 2.28. The Hall–Kier alpha value is -0.980. The zero-order chi connectivity index (χ0) is 11.4. The SMILES string of the molecule is CCCNc1c(C)ccc(C(C)C)c1C. The first kappa shape index (κ1) is 12.1. The lowest BCUT2D eigenvalue weighted by Crippen LogP contribution is -2.06. The Labute approximate surface area is 93.9 Å². The van der Waals surface area contributed by atoms with Crippen LogP contribution in [0.2, 0.25) is 0 Å². The smallest absolute Gasteiger partial charge is 0.0402 e. The highest BCUT2D eigenvalue weighted by atomic mass is 14.9. The summed E-state index contributed by atoms with van der Waals surface area (Å²) in [5.74, 6) is 0.604. The topological polar surface area (TPSA) is 12.0 Å². The quantitative estimate of drug-likeness (QED) is 0.775. The van der Waals surface area contributed by atoms with E-state index in [9.17, 15) is 0 Å². The molecule has 0 bridgehead atoms. The van der Waals surface area contributed by atoms with Crippen molar-refractivity contribution < 1.29 is 0 Å². The van der Waals surface area contributed by atoms with Gasteiger partial charge in [0, 0.05) is 12.2 Å². The van der Waals surface area contributed by atoms with Crippen molar-refractivity contribution in [2.75, 3.05) is 11.9 Å². The monoisotopic (exact) mass is 205 g/mol. The Morgan fingerprint density at radius 3 is 2.40 bits per heavy atom. The van der Waals surface area contributed by atoms with Crippen molar-refractivity contribution in [2.24, 2.45) is 0 Å². The summed E-state index contributed by atoms with van der Waals surface area (Å²) in [6.07, 6.45) is 1.17. The van der Waals surface area contributed by atoms with E-state index < -0.39 is 0 Å². The van der Waals surface area contributed by atoms with E-state index in [0.717, 1.165) is 6.54 Å². The maximum absolute atomic E-state index is 3.53. The molecule has 15 heavy (non-hydrogen) atoms. The van der Waals surface area contributed by atoms with Crippen LogP contribution in [0, 0.1) is 13.8 Å². The van der Waals surface area contributed by atoms with Crippen molar-refractivity contribution in [1.82, 2.24) is 0 Å².